The number of hydrogen-bond donors (Lipinski definition) is 3. The molecule has 208 valence electrons. The molecule has 0 atom stereocenters. The summed E-state index contributed by atoms with van der Waals surface area (Å²) in [6.07, 6.45) is 14.1. The SMILES string of the molecule is CCCCCCCCCCOc1cccc(CCC(=O)N(CCOP(=O)(O)O)Cc2ccncc2)c1.N. The molecule has 37 heavy (non-hydrogen) atoms. The predicted octanol–water partition coefficient (Wildman–Crippen LogP) is 5.83. The lowest BCUT2D eigenvalue weighted by Gasteiger charge is -2.23. The average molecular weight is 538 g/mol. The first-order valence-corrected chi connectivity index (χ1v) is 14.5. The number of phosphoric ester groups is 1. The molecule has 0 saturated carbocycles. The molecule has 0 saturated heterocycles. The standard InChI is InChI=1S/C27H41N2O6P.H3N/c1-2-3-4-5-6-7-8-9-20-34-26-12-10-11-24(22-26)13-14-27(30)29(19-21-35-36(31,32)33)23-25-15-17-28-18-16-25;/h10-12,15-18,22H,2-9,13-14,19-21,23H2,1H3,(H2,31,32,33);1H3. The first kappa shape index (κ1) is 32.7. The molecule has 0 unspecified atom stereocenters. The second-order valence-corrected chi connectivity index (χ2v) is 10.2. The number of benzene rings is 1. The molecule has 5 N–H and O–H groups in total. The van der Waals surface area contributed by atoms with Gasteiger partial charge in [0.2, 0.25) is 5.91 Å². The number of amides is 1. The minimum Gasteiger partial charge on any atom is -0.494 e. The van der Waals surface area contributed by atoms with Crippen LogP contribution >= 0.6 is 7.82 Å². The van der Waals surface area contributed by atoms with E-state index in [4.69, 9.17) is 14.5 Å². The van der Waals surface area contributed by atoms with Crippen molar-refractivity contribution in [3.05, 3.63) is 59.9 Å². The van der Waals surface area contributed by atoms with E-state index in [2.05, 4.69) is 16.4 Å². The highest BCUT2D eigenvalue weighted by Crippen LogP contribution is 2.35. The maximum Gasteiger partial charge on any atom is 0.469 e. The van der Waals surface area contributed by atoms with Crippen LogP contribution in [0.4, 0.5) is 0 Å². The Morgan fingerprint density at radius 1 is 0.946 bits per heavy atom. The van der Waals surface area contributed by atoms with E-state index < -0.39 is 7.82 Å². The Labute approximate surface area is 221 Å². The van der Waals surface area contributed by atoms with Crippen molar-refractivity contribution in [2.24, 2.45) is 0 Å². The Morgan fingerprint density at radius 3 is 2.30 bits per heavy atom. The summed E-state index contributed by atoms with van der Waals surface area (Å²) in [7, 11) is -4.59. The fourth-order valence-electron chi connectivity index (χ4n) is 3.90. The zero-order chi connectivity index (χ0) is 26.1. The fraction of sp³-hybridized carbons (Fsp3) is 0.556. The molecule has 9 nitrogen and oxygen atoms in total. The minimum absolute atomic E-state index is 0. The van der Waals surface area contributed by atoms with Crippen molar-refractivity contribution in [2.75, 3.05) is 19.8 Å². The molecule has 0 bridgehead atoms. The van der Waals surface area contributed by atoms with Crippen LogP contribution in [0.3, 0.4) is 0 Å². The number of ether oxygens (including phenoxy) is 1. The summed E-state index contributed by atoms with van der Waals surface area (Å²) in [6, 6.07) is 11.4. The lowest BCUT2D eigenvalue weighted by Crippen LogP contribution is -2.33. The molecule has 10 heteroatoms. The predicted molar refractivity (Wildman–Crippen MR) is 146 cm³/mol. The van der Waals surface area contributed by atoms with Crippen molar-refractivity contribution in [2.45, 2.75) is 77.7 Å². The number of hydrogen-bond acceptors (Lipinski definition) is 6. The monoisotopic (exact) mass is 537 g/mol. The van der Waals surface area contributed by atoms with Gasteiger partial charge in [0.05, 0.1) is 13.2 Å². The van der Waals surface area contributed by atoms with Gasteiger partial charge in [0.1, 0.15) is 5.75 Å². The normalized spacial score (nSPS) is 11.1. The van der Waals surface area contributed by atoms with E-state index >= 15 is 0 Å². The van der Waals surface area contributed by atoms with Gasteiger partial charge in [-0.25, -0.2) is 4.57 Å². The largest absolute Gasteiger partial charge is 0.494 e. The van der Waals surface area contributed by atoms with E-state index in [-0.39, 0.29) is 31.6 Å². The smallest absolute Gasteiger partial charge is 0.469 e. The third-order valence-electron chi connectivity index (χ3n) is 5.89. The Balaban J connectivity index is 0.00000684. The molecular weight excluding hydrogens is 493 g/mol. The maximum absolute atomic E-state index is 12.9. The van der Waals surface area contributed by atoms with Gasteiger partial charge >= 0.3 is 7.82 Å². The van der Waals surface area contributed by atoms with Crippen LogP contribution in [0.15, 0.2) is 48.8 Å². The summed E-state index contributed by atoms with van der Waals surface area (Å²) in [4.78, 5) is 36.4. The van der Waals surface area contributed by atoms with Crippen molar-refractivity contribution in [3.8, 4) is 5.75 Å². The van der Waals surface area contributed by atoms with Gasteiger partial charge in [-0.05, 0) is 48.2 Å². The topological polar surface area (TPSA) is 144 Å². The van der Waals surface area contributed by atoms with Crippen LogP contribution in [0.25, 0.3) is 0 Å². The van der Waals surface area contributed by atoms with E-state index in [1.54, 1.807) is 29.4 Å². The Bertz CT molecular complexity index is 925. The number of carbonyl (C=O) groups excluding carboxylic acids is 1. The third-order valence-corrected chi connectivity index (χ3v) is 6.41. The number of aryl methyl sites for hydroxylation is 1. The minimum atomic E-state index is -4.59. The first-order valence-electron chi connectivity index (χ1n) is 13.0. The van der Waals surface area contributed by atoms with Crippen LogP contribution in [0, 0.1) is 0 Å². The van der Waals surface area contributed by atoms with Crippen LogP contribution in [-0.4, -0.2) is 45.3 Å². The zero-order valence-electron chi connectivity index (χ0n) is 22.1. The number of nitrogens with zero attached hydrogens (tertiary/aromatic N) is 2. The van der Waals surface area contributed by atoms with E-state index in [1.165, 1.54) is 44.9 Å². The molecule has 0 radical (unpaired) electrons. The molecule has 0 aliphatic rings. The molecule has 0 aliphatic carbocycles. The van der Waals surface area contributed by atoms with Crippen molar-refractivity contribution in [1.82, 2.24) is 16.0 Å². The van der Waals surface area contributed by atoms with Gasteiger partial charge < -0.3 is 25.6 Å². The Morgan fingerprint density at radius 2 is 1.62 bits per heavy atom. The Hall–Kier alpha value is -2.29. The van der Waals surface area contributed by atoms with Gasteiger partial charge in [0.15, 0.2) is 0 Å². The first-order chi connectivity index (χ1) is 17.4. The summed E-state index contributed by atoms with van der Waals surface area (Å²) in [5.74, 6) is 0.693. The van der Waals surface area contributed by atoms with Gasteiger partial charge in [-0.3, -0.25) is 14.3 Å². The molecule has 1 amide bonds. The number of pyridine rings is 1. The fourth-order valence-corrected chi connectivity index (χ4v) is 4.22. The molecule has 0 spiro atoms. The van der Waals surface area contributed by atoms with E-state index in [0.717, 1.165) is 23.3 Å². The molecular formula is C27H44N3O6P. The molecule has 1 aromatic heterocycles. The van der Waals surface area contributed by atoms with Gasteiger partial charge in [-0.15, -0.1) is 0 Å². The van der Waals surface area contributed by atoms with Gasteiger partial charge in [0, 0.05) is 31.9 Å². The molecule has 1 aromatic carbocycles. The molecule has 0 fully saturated rings. The molecule has 0 aliphatic heterocycles. The lowest BCUT2D eigenvalue weighted by atomic mass is 10.1. The summed E-state index contributed by atoms with van der Waals surface area (Å²) < 4.78 is 21.5. The maximum atomic E-state index is 12.9. The molecule has 2 aromatic rings. The average Bonchev–Trinajstić information content (AvgIpc) is 2.86. The summed E-state index contributed by atoms with van der Waals surface area (Å²) >= 11 is 0. The Kier molecular flexibility index (Phi) is 16.7. The van der Waals surface area contributed by atoms with E-state index in [0.29, 0.717) is 19.6 Å². The van der Waals surface area contributed by atoms with Crippen LogP contribution in [0.2, 0.25) is 0 Å². The number of phosphoric acid groups is 1. The summed E-state index contributed by atoms with van der Waals surface area (Å²) in [6.45, 7) is 3.07. The van der Waals surface area contributed by atoms with E-state index in [9.17, 15) is 9.36 Å². The molecule has 2 rings (SSSR count). The van der Waals surface area contributed by atoms with Crippen molar-refractivity contribution < 1.29 is 28.4 Å². The van der Waals surface area contributed by atoms with Crippen molar-refractivity contribution >= 4 is 13.7 Å². The van der Waals surface area contributed by atoms with Crippen molar-refractivity contribution in [3.63, 3.8) is 0 Å². The highest BCUT2D eigenvalue weighted by molar-refractivity contribution is 7.46. The van der Waals surface area contributed by atoms with Gasteiger partial charge in [0.25, 0.3) is 0 Å². The summed E-state index contributed by atoms with van der Waals surface area (Å²) in [5, 5.41) is 0. The number of rotatable bonds is 19. The number of unbranched alkanes of at least 4 members (excludes halogenated alkanes) is 7. The van der Waals surface area contributed by atoms with Crippen LogP contribution in [-0.2, 0) is 26.8 Å². The third kappa shape index (κ3) is 15.5. The second-order valence-electron chi connectivity index (χ2n) is 8.97. The molecule has 1 heterocycles. The van der Waals surface area contributed by atoms with E-state index in [1.807, 2.05) is 24.3 Å². The van der Waals surface area contributed by atoms with Crippen LogP contribution in [0.5, 0.6) is 5.75 Å². The highest BCUT2D eigenvalue weighted by atomic mass is 31.2. The van der Waals surface area contributed by atoms with Crippen LogP contribution < -0.4 is 10.9 Å². The second kappa shape index (κ2) is 18.9. The summed E-state index contributed by atoms with van der Waals surface area (Å²) in [5.41, 5.74) is 1.89. The zero-order valence-corrected chi connectivity index (χ0v) is 23.0. The number of carbonyl (C=O) groups is 1. The lowest BCUT2D eigenvalue weighted by molar-refractivity contribution is -0.132. The quantitative estimate of drug-likeness (QED) is 0.150. The van der Waals surface area contributed by atoms with Gasteiger partial charge in [-0.1, -0.05) is 64.0 Å². The van der Waals surface area contributed by atoms with Gasteiger partial charge in [-0.2, -0.15) is 0 Å². The highest BCUT2D eigenvalue weighted by Gasteiger charge is 2.18. The van der Waals surface area contributed by atoms with Crippen LogP contribution in [0.1, 0.15) is 75.8 Å². The van der Waals surface area contributed by atoms with Crippen molar-refractivity contribution in [1.29, 1.82) is 0 Å². The number of aromatic nitrogens is 1.